The number of carbonyl (C=O) groups is 2. The molecule has 4 heteroatoms. The van der Waals surface area contributed by atoms with Crippen molar-refractivity contribution < 1.29 is 9.59 Å². The Bertz CT molecular complexity index is 843. The third kappa shape index (κ3) is 2.03. The summed E-state index contributed by atoms with van der Waals surface area (Å²) in [6, 6.07) is 19.5. The van der Waals surface area contributed by atoms with Gasteiger partial charge in [-0.25, -0.2) is 4.90 Å². The molecule has 2 aliphatic rings. The maximum Gasteiger partial charge on any atom is 0.241 e. The fraction of sp³-hybridized carbons (Fsp3) is 0.333. The molecule has 25 heavy (non-hydrogen) atoms. The minimum absolute atomic E-state index is 0.00465. The zero-order valence-corrected chi connectivity index (χ0v) is 16.0. The van der Waals surface area contributed by atoms with Crippen molar-refractivity contribution in [3.8, 4) is 0 Å². The smallest absolute Gasteiger partial charge is 0.241 e. The van der Waals surface area contributed by atoms with Crippen LogP contribution in [0, 0.1) is 5.41 Å². The summed E-state index contributed by atoms with van der Waals surface area (Å²) in [7, 11) is -1.89. The second-order valence-electron chi connectivity index (χ2n) is 8.36. The van der Waals surface area contributed by atoms with Crippen molar-refractivity contribution in [2.45, 2.75) is 37.5 Å². The van der Waals surface area contributed by atoms with E-state index in [1.54, 1.807) is 0 Å². The Morgan fingerprint density at radius 2 is 1.44 bits per heavy atom. The first-order chi connectivity index (χ1) is 11.8. The molecule has 0 aromatic heterocycles. The quantitative estimate of drug-likeness (QED) is 0.610. The van der Waals surface area contributed by atoms with Crippen LogP contribution in [0.5, 0.6) is 0 Å². The van der Waals surface area contributed by atoms with Crippen LogP contribution in [-0.2, 0) is 16.0 Å². The van der Waals surface area contributed by atoms with Crippen molar-refractivity contribution in [1.29, 1.82) is 0 Å². The number of nitrogens with zero attached hydrogens (tertiary/aromatic N) is 1. The SMILES string of the molecule is C[Si](C)(C)[C@]12C[C@@]1(Cc1ccccc1)C(=O)N(c1ccccc1)C2=O. The number of imide groups is 1. The Morgan fingerprint density at radius 3 is 2.00 bits per heavy atom. The first kappa shape index (κ1) is 16.3. The molecule has 2 aromatic carbocycles. The van der Waals surface area contributed by atoms with Gasteiger partial charge in [0.2, 0.25) is 11.8 Å². The molecule has 1 saturated heterocycles. The van der Waals surface area contributed by atoms with E-state index >= 15 is 0 Å². The van der Waals surface area contributed by atoms with Crippen molar-refractivity contribution in [1.82, 2.24) is 0 Å². The second kappa shape index (κ2) is 5.15. The highest BCUT2D eigenvalue weighted by atomic mass is 28.3. The minimum Gasteiger partial charge on any atom is -0.274 e. The molecule has 2 aromatic rings. The molecule has 0 bridgehead atoms. The summed E-state index contributed by atoms with van der Waals surface area (Å²) in [5.74, 6) is 0.0220. The zero-order chi connectivity index (χ0) is 17.9. The van der Waals surface area contributed by atoms with E-state index in [-0.39, 0.29) is 11.8 Å². The van der Waals surface area contributed by atoms with E-state index in [4.69, 9.17) is 0 Å². The van der Waals surface area contributed by atoms with E-state index in [9.17, 15) is 9.59 Å². The lowest BCUT2D eigenvalue weighted by atomic mass is 9.94. The topological polar surface area (TPSA) is 37.4 Å². The van der Waals surface area contributed by atoms with E-state index < -0.39 is 18.5 Å². The van der Waals surface area contributed by atoms with E-state index in [2.05, 4.69) is 31.8 Å². The number of rotatable bonds is 4. The van der Waals surface area contributed by atoms with Crippen molar-refractivity contribution in [2.75, 3.05) is 4.90 Å². The predicted octanol–water partition coefficient (Wildman–Crippen LogP) is 4.27. The Kier molecular flexibility index (Phi) is 3.35. The summed E-state index contributed by atoms with van der Waals surface area (Å²) in [5, 5.41) is -0.469. The average Bonchev–Trinajstić information content (AvgIpc) is 3.23. The number of piperidine rings is 1. The summed E-state index contributed by atoms with van der Waals surface area (Å²) >= 11 is 0. The van der Waals surface area contributed by atoms with Crippen molar-refractivity contribution >= 4 is 25.6 Å². The molecule has 0 radical (unpaired) electrons. The summed E-state index contributed by atoms with van der Waals surface area (Å²) < 4.78 is 0. The highest BCUT2D eigenvalue weighted by Gasteiger charge is 2.85. The zero-order valence-electron chi connectivity index (χ0n) is 15.0. The number of hydrogen-bond acceptors (Lipinski definition) is 2. The van der Waals surface area contributed by atoms with Gasteiger partial charge in [0.1, 0.15) is 0 Å². The second-order valence-corrected chi connectivity index (χ2v) is 13.7. The van der Waals surface area contributed by atoms with Crippen LogP contribution in [-0.4, -0.2) is 19.9 Å². The van der Waals surface area contributed by atoms with Crippen molar-refractivity contribution in [2.24, 2.45) is 5.41 Å². The Balaban J connectivity index is 1.81. The van der Waals surface area contributed by atoms with E-state index in [0.29, 0.717) is 18.5 Å². The number of para-hydroxylation sites is 1. The van der Waals surface area contributed by atoms with Crippen LogP contribution < -0.4 is 4.90 Å². The lowest BCUT2D eigenvalue weighted by molar-refractivity contribution is -0.125. The molecular formula is C21H23NO2Si. The van der Waals surface area contributed by atoms with Crippen LogP contribution in [0.3, 0.4) is 0 Å². The lowest BCUT2D eigenvalue weighted by Gasteiger charge is -2.28. The standard InChI is InChI=1S/C21H23NO2Si/c1-25(2,3)21-15-20(21,14-16-10-6-4-7-11-16)18(23)22(19(21)24)17-12-8-5-9-13-17/h4-13H,14-15H2,1-3H3/t20-,21-/m0/s1. The molecule has 0 unspecified atom stereocenters. The van der Waals surface area contributed by atoms with Gasteiger partial charge in [-0.2, -0.15) is 0 Å². The highest BCUT2D eigenvalue weighted by Crippen LogP contribution is 2.80. The number of carbonyl (C=O) groups excluding carboxylic acids is 2. The van der Waals surface area contributed by atoms with Crippen LogP contribution in [0.25, 0.3) is 0 Å². The Morgan fingerprint density at radius 1 is 0.880 bits per heavy atom. The number of fused-ring (bicyclic) bond motifs is 1. The molecule has 0 N–H and O–H groups in total. The molecule has 1 aliphatic heterocycles. The van der Waals surface area contributed by atoms with Gasteiger partial charge in [-0.1, -0.05) is 68.2 Å². The maximum absolute atomic E-state index is 13.5. The number of benzene rings is 2. The van der Waals surface area contributed by atoms with Crippen molar-refractivity contribution in [3.63, 3.8) is 0 Å². The molecule has 0 spiro atoms. The highest BCUT2D eigenvalue weighted by molar-refractivity contribution is 6.85. The molecule has 2 atom stereocenters. The van der Waals surface area contributed by atoms with E-state index in [1.807, 2.05) is 48.5 Å². The largest absolute Gasteiger partial charge is 0.274 e. The Labute approximate surface area is 149 Å². The summed E-state index contributed by atoms with van der Waals surface area (Å²) in [6.45, 7) is 6.66. The van der Waals surface area contributed by atoms with Crippen LogP contribution in [0.2, 0.25) is 24.7 Å². The molecule has 1 saturated carbocycles. The summed E-state index contributed by atoms with van der Waals surface area (Å²) in [6.07, 6.45) is 1.37. The molecule has 128 valence electrons. The van der Waals surface area contributed by atoms with Gasteiger partial charge in [0.15, 0.2) is 0 Å². The van der Waals surface area contributed by atoms with Crippen LogP contribution in [0.4, 0.5) is 5.69 Å². The lowest BCUT2D eigenvalue weighted by Crippen LogP contribution is -2.41. The molecule has 1 aliphatic carbocycles. The molecule has 2 fully saturated rings. The van der Waals surface area contributed by atoms with Crippen LogP contribution in [0.15, 0.2) is 60.7 Å². The van der Waals surface area contributed by atoms with Gasteiger partial charge < -0.3 is 0 Å². The first-order valence-electron chi connectivity index (χ1n) is 8.81. The van der Waals surface area contributed by atoms with E-state index in [1.165, 1.54) is 4.90 Å². The molecule has 2 amide bonds. The van der Waals surface area contributed by atoms with Crippen LogP contribution in [0.1, 0.15) is 12.0 Å². The average molecular weight is 350 g/mol. The fourth-order valence-electron chi connectivity index (χ4n) is 4.79. The molecule has 1 heterocycles. The third-order valence-corrected chi connectivity index (χ3v) is 9.51. The maximum atomic E-state index is 13.5. The van der Waals surface area contributed by atoms with Crippen LogP contribution >= 0.6 is 0 Å². The summed E-state index contributed by atoms with van der Waals surface area (Å²) in [5.41, 5.74) is 1.29. The number of amides is 2. The third-order valence-electron chi connectivity index (χ3n) is 6.08. The Hall–Kier alpha value is -2.20. The van der Waals surface area contributed by atoms with Gasteiger partial charge in [0, 0.05) is 0 Å². The molecular weight excluding hydrogens is 326 g/mol. The minimum atomic E-state index is -1.89. The number of anilines is 1. The van der Waals surface area contributed by atoms with Gasteiger partial charge in [-0.3, -0.25) is 9.59 Å². The van der Waals surface area contributed by atoms with Gasteiger partial charge in [-0.05, 0) is 30.5 Å². The molecule has 3 nitrogen and oxygen atoms in total. The van der Waals surface area contributed by atoms with Gasteiger partial charge >= 0.3 is 0 Å². The molecule has 4 rings (SSSR count). The number of hydrogen-bond donors (Lipinski definition) is 0. The first-order valence-corrected chi connectivity index (χ1v) is 12.3. The predicted molar refractivity (Wildman–Crippen MR) is 102 cm³/mol. The van der Waals surface area contributed by atoms with Gasteiger partial charge in [0.25, 0.3) is 0 Å². The van der Waals surface area contributed by atoms with Gasteiger partial charge in [0.05, 0.1) is 24.2 Å². The normalized spacial score (nSPS) is 28.2. The van der Waals surface area contributed by atoms with Gasteiger partial charge in [-0.15, -0.1) is 0 Å². The van der Waals surface area contributed by atoms with E-state index in [0.717, 1.165) is 5.56 Å². The monoisotopic (exact) mass is 349 g/mol. The summed E-state index contributed by atoms with van der Waals surface area (Å²) in [4.78, 5) is 28.4. The fourth-order valence-corrected chi connectivity index (χ4v) is 8.01. The van der Waals surface area contributed by atoms with Crippen molar-refractivity contribution in [3.05, 3.63) is 66.2 Å².